The summed E-state index contributed by atoms with van der Waals surface area (Å²) in [6, 6.07) is 18.9. The van der Waals surface area contributed by atoms with Crippen molar-refractivity contribution in [2.24, 2.45) is 0 Å². The van der Waals surface area contributed by atoms with E-state index in [9.17, 15) is 4.79 Å². The van der Waals surface area contributed by atoms with Crippen LogP contribution >= 0.6 is 0 Å². The van der Waals surface area contributed by atoms with Crippen LogP contribution in [0.25, 0.3) is 0 Å². The topological polar surface area (TPSA) is 63.2 Å². The number of pyridine rings is 1. The van der Waals surface area contributed by atoms with Gasteiger partial charge in [-0.3, -0.25) is 4.79 Å². The van der Waals surface area contributed by atoms with E-state index in [1.54, 1.807) is 43.6 Å². The zero-order valence-corrected chi connectivity index (χ0v) is 14.8. The maximum Gasteiger partial charge on any atom is 0.256 e. The van der Waals surface area contributed by atoms with Crippen molar-refractivity contribution in [2.45, 2.75) is 13.5 Å². The van der Waals surface area contributed by atoms with E-state index in [0.717, 1.165) is 12.2 Å². The van der Waals surface area contributed by atoms with Crippen molar-refractivity contribution in [2.75, 3.05) is 17.7 Å². The van der Waals surface area contributed by atoms with Crippen LogP contribution in [-0.4, -0.2) is 18.0 Å². The number of hydrogen-bond donors (Lipinski definition) is 2. The molecule has 1 amide bonds. The van der Waals surface area contributed by atoms with E-state index in [1.807, 2.05) is 12.1 Å². The lowest BCUT2D eigenvalue weighted by molar-refractivity contribution is 0.102. The number of aryl methyl sites for hydroxylation is 1. The molecule has 0 fully saturated rings. The first kappa shape index (κ1) is 17.5. The Kier molecular flexibility index (Phi) is 5.49. The summed E-state index contributed by atoms with van der Waals surface area (Å²) in [5.74, 6) is 1.01. The smallest absolute Gasteiger partial charge is 0.256 e. The molecular formula is C21H21N3O2. The number of carbonyl (C=O) groups excluding carboxylic acids is 1. The van der Waals surface area contributed by atoms with Gasteiger partial charge in [-0.05, 0) is 48.9 Å². The highest BCUT2D eigenvalue weighted by Crippen LogP contribution is 2.15. The lowest BCUT2D eigenvalue weighted by Gasteiger charge is -2.09. The van der Waals surface area contributed by atoms with Crippen molar-refractivity contribution in [3.63, 3.8) is 0 Å². The van der Waals surface area contributed by atoms with Crippen molar-refractivity contribution in [3.05, 3.63) is 83.6 Å². The van der Waals surface area contributed by atoms with Crippen molar-refractivity contribution in [1.29, 1.82) is 0 Å². The van der Waals surface area contributed by atoms with Gasteiger partial charge in [-0.15, -0.1) is 0 Å². The van der Waals surface area contributed by atoms with Crippen LogP contribution in [-0.2, 0) is 6.54 Å². The van der Waals surface area contributed by atoms with Crippen LogP contribution in [0.15, 0.2) is 66.9 Å². The zero-order chi connectivity index (χ0) is 18.4. The van der Waals surface area contributed by atoms with Gasteiger partial charge in [0.1, 0.15) is 11.6 Å². The second kappa shape index (κ2) is 8.16. The van der Waals surface area contributed by atoms with Crippen LogP contribution in [0, 0.1) is 6.92 Å². The molecule has 0 atom stereocenters. The Morgan fingerprint density at radius 2 is 1.88 bits per heavy atom. The maximum atomic E-state index is 12.2. The molecule has 3 rings (SSSR count). The van der Waals surface area contributed by atoms with Gasteiger partial charge in [0.2, 0.25) is 0 Å². The fourth-order valence-corrected chi connectivity index (χ4v) is 2.53. The van der Waals surface area contributed by atoms with Gasteiger partial charge in [0.05, 0.1) is 19.0 Å². The highest BCUT2D eigenvalue weighted by molar-refractivity contribution is 6.03. The van der Waals surface area contributed by atoms with Crippen LogP contribution in [0.3, 0.4) is 0 Å². The molecule has 0 bridgehead atoms. The van der Waals surface area contributed by atoms with Crippen LogP contribution in [0.1, 0.15) is 21.5 Å². The standard InChI is InChI=1S/C21H21N3O2/c1-15-4-3-5-16(12-15)13-22-18-8-11-20(23-14-18)24-21(25)17-6-9-19(26-2)10-7-17/h3-12,14,22H,13H2,1-2H3,(H,23,24,25). The van der Waals surface area contributed by atoms with E-state index in [-0.39, 0.29) is 5.91 Å². The molecule has 26 heavy (non-hydrogen) atoms. The molecule has 0 saturated heterocycles. The van der Waals surface area contributed by atoms with Crippen molar-refractivity contribution < 1.29 is 9.53 Å². The molecule has 0 radical (unpaired) electrons. The number of hydrogen-bond acceptors (Lipinski definition) is 4. The molecule has 132 valence electrons. The van der Waals surface area contributed by atoms with Gasteiger partial charge >= 0.3 is 0 Å². The van der Waals surface area contributed by atoms with Crippen molar-refractivity contribution in [1.82, 2.24) is 4.98 Å². The Morgan fingerprint density at radius 3 is 2.54 bits per heavy atom. The lowest BCUT2D eigenvalue weighted by Crippen LogP contribution is -2.12. The van der Waals surface area contributed by atoms with Crippen LogP contribution in [0.2, 0.25) is 0 Å². The SMILES string of the molecule is COc1ccc(C(=O)Nc2ccc(NCc3cccc(C)c3)cn2)cc1. The fourth-order valence-electron chi connectivity index (χ4n) is 2.53. The summed E-state index contributed by atoms with van der Waals surface area (Å²) in [7, 11) is 1.59. The van der Waals surface area contributed by atoms with Gasteiger partial charge < -0.3 is 15.4 Å². The number of amides is 1. The Hall–Kier alpha value is -3.34. The number of rotatable bonds is 6. The third-order valence-electron chi connectivity index (χ3n) is 3.94. The Balaban J connectivity index is 1.57. The summed E-state index contributed by atoms with van der Waals surface area (Å²) in [4.78, 5) is 16.5. The minimum atomic E-state index is -0.208. The van der Waals surface area contributed by atoms with Gasteiger partial charge in [-0.25, -0.2) is 4.98 Å². The first-order chi connectivity index (χ1) is 12.6. The summed E-state index contributed by atoms with van der Waals surface area (Å²) < 4.78 is 5.09. The zero-order valence-electron chi connectivity index (χ0n) is 14.8. The molecule has 1 aromatic heterocycles. The van der Waals surface area contributed by atoms with Gasteiger partial charge in [0, 0.05) is 12.1 Å². The van der Waals surface area contributed by atoms with Crippen molar-refractivity contribution >= 4 is 17.4 Å². The number of benzene rings is 2. The van der Waals surface area contributed by atoms with Gasteiger partial charge in [-0.1, -0.05) is 29.8 Å². The van der Waals surface area contributed by atoms with E-state index in [2.05, 4.69) is 40.7 Å². The number of anilines is 2. The van der Waals surface area contributed by atoms with Crippen LogP contribution in [0.5, 0.6) is 5.75 Å². The van der Waals surface area contributed by atoms with E-state index < -0.39 is 0 Å². The van der Waals surface area contributed by atoms with Gasteiger partial charge in [-0.2, -0.15) is 0 Å². The summed E-state index contributed by atoms with van der Waals surface area (Å²) in [6.45, 7) is 2.80. The molecular weight excluding hydrogens is 326 g/mol. The van der Waals surface area contributed by atoms with Crippen LogP contribution in [0.4, 0.5) is 11.5 Å². The van der Waals surface area contributed by atoms with Crippen LogP contribution < -0.4 is 15.4 Å². The Morgan fingerprint density at radius 1 is 1.08 bits per heavy atom. The third kappa shape index (κ3) is 4.60. The number of carbonyl (C=O) groups is 1. The first-order valence-electron chi connectivity index (χ1n) is 8.35. The minimum Gasteiger partial charge on any atom is -0.497 e. The maximum absolute atomic E-state index is 12.2. The monoisotopic (exact) mass is 347 g/mol. The van der Waals surface area contributed by atoms with E-state index in [4.69, 9.17) is 4.74 Å². The first-order valence-corrected chi connectivity index (χ1v) is 8.35. The molecule has 5 nitrogen and oxygen atoms in total. The van der Waals surface area contributed by atoms with Gasteiger partial charge in [0.15, 0.2) is 0 Å². The molecule has 5 heteroatoms. The molecule has 0 aliphatic rings. The largest absolute Gasteiger partial charge is 0.497 e. The number of ether oxygens (including phenoxy) is 1. The van der Waals surface area contributed by atoms with E-state index in [0.29, 0.717) is 17.1 Å². The molecule has 2 aromatic carbocycles. The summed E-state index contributed by atoms with van der Waals surface area (Å²) in [5, 5.41) is 6.11. The average molecular weight is 347 g/mol. The molecule has 0 aliphatic heterocycles. The van der Waals surface area contributed by atoms with E-state index >= 15 is 0 Å². The Bertz CT molecular complexity index is 875. The normalized spacial score (nSPS) is 10.2. The van der Waals surface area contributed by atoms with E-state index in [1.165, 1.54) is 11.1 Å². The summed E-state index contributed by atoms with van der Waals surface area (Å²) in [6.07, 6.45) is 1.71. The van der Waals surface area contributed by atoms with Gasteiger partial charge in [0.25, 0.3) is 5.91 Å². The second-order valence-electron chi connectivity index (χ2n) is 5.96. The lowest BCUT2D eigenvalue weighted by atomic mass is 10.1. The number of aromatic nitrogens is 1. The number of methoxy groups -OCH3 is 1. The predicted octanol–water partition coefficient (Wildman–Crippen LogP) is 4.26. The summed E-state index contributed by atoms with van der Waals surface area (Å²) >= 11 is 0. The number of nitrogens with one attached hydrogen (secondary N) is 2. The molecule has 2 N–H and O–H groups in total. The molecule has 0 unspecified atom stereocenters. The Labute approximate surface area is 153 Å². The van der Waals surface area contributed by atoms with Crippen molar-refractivity contribution in [3.8, 4) is 5.75 Å². The quantitative estimate of drug-likeness (QED) is 0.699. The molecule has 0 aliphatic carbocycles. The predicted molar refractivity (Wildman–Crippen MR) is 104 cm³/mol. The molecule has 0 saturated carbocycles. The second-order valence-corrected chi connectivity index (χ2v) is 5.96. The third-order valence-corrected chi connectivity index (χ3v) is 3.94. The highest BCUT2D eigenvalue weighted by Gasteiger charge is 2.07. The molecule has 0 spiro atoms. The summed E-state index contributed by atoms with van der Waals surface area (Å²) in [5.41, 5.74) is 3.89. The molecule has 1 heterocycles. The highest BCUT2D eigenvalue weighted by atomic mass is 16.5. The molecule has 3 aromatic rings. The number of nitrogens with zero attached hydrogens (tertiary/aromatic N) is 1. The minimum absolute atomic E-state index is 0.208. The fraction of sp³-hybridized carbons (Fsp3) is 0.143. The average Bonchev–Trinajstić information content (AvgIpc) is 2.67.